The van der Waals surface area contributed by atoms with Crippen LogP contribution in [-0.4, -0.2) is 22.5 Å². The Morgan fingerprint density at radius 3 is 2.57 bits per heavy atom. The summed E-state index contributed by atoms with van der Waals surface area (Å²) in [4.78, 5) is 20.7. The molecular formula is C22H18F3N3O2. The Kier molecular flexibility index (Phi) is 5.76. The lowest BCUT2D eigenvalue weighted by atomic mass is 10.0. The average Bonchev–Trinajstić information content (AvgIpc) is 2.76. The fraction of sp³-hybridized carbons (Fsp3) is 0.227. The van der Waals surface area contributed by atoms with Gasteiger partial charge in [-0.1, -0.05) is 6.07 Å². The second-order valence-electron chi connectivity index (χ2n) is 6.90. The summed E-state index contributed by atoms with van der Waals surface area (Å²) in [5.41, 5.74) is -0.157. The van der Waals surface area contributed by atoms with E-state index in [0.717, 1.165) is 49.1 Å². The van der Waals surface area contributed by atoms with E-state index in [-0.39, 0.29) is 11.8 Å². The molecule has 5 nitrogen and oxygen atoms in total. The van der Waals surface area contributed by atoms with Crippen molar-refractivity contribution < 1.29 is 22.7 Å². The summed E-state index contributed by atoms with van der Waals surface area (Å²) in [5.74, 6) is -3.53. The second kappa shape index (κ2) is 8.62. The molecule has 1 atom stereocenters. The molecule has 3 aromatic rings. The molecule has 3 heterocycles. The third-order valence-electron chi connectivity index (χ3n) is 4.91. The van der Waals surface area contributed by atoms with E-state index in [1.54, 1.807) is 12.3 Å². The molecule has 154 valence electrons. The topological polar surface area (TPSA) is 64.1 Å². The molecular weight excluding hydrogens is 395 g/mol. The van der Waals surface area contributed by atoms with E-state index in [4.69, 9.17) is 4.74 Å². The minimum Gasteiger partial charge on any atom is -0.373 e. The van der Waals surface area contributed by atoms with Gasteiger partial charge < -0.3 is 10.1 Å². The van der Waals surface area contributed by atoms with Crippen molar-refractivity contribution in [2.24, 2.45) is 0 Å². The molecule has 0 spiro atoms. The number of benzene rings is 1. The van der Waals surface area contributed by atoms with Crippen LogP contribution < -0.4 is 5.32 Å². The molecule has 0 unspecified atom stereocenters. The van der Waals surface area contributed by atoms with Crippen LogP contribution >= 0.6 is 0 Å². The Morgan fingerprint density at radius 2 is 1.83 bits per heavy atom. The van der Waals surface area contributed by atoms with Crippen LogP contribution in [0.2, 0.25) is 0 Å². The van der Waals surface area contributed by atoms with E-state index in [1.165, 1.54) is 12.3 Å². The van der Waals surface area contributed by atoms with Gasteiger partial charge in [-0.05, 0) is 49.6 Å². The van der Waals surface area contributed by atoms with Crippen molar-refractivity contribution in [3.05, 3.63) is 77.5 Å². The number of anilines is 1. The van der Waals surface area contributed by atoms with E-state index in [1.807, 2.05) is 0 Å². The molecule has 1 aliphatic rings. The Bertz CT molecular complexity index is 1060. The molecule has 30 heavy (non-hydrogen) atoms. The normalized spacial score (nSPS) is 16.3. The van der Waals surface area contributed by atoms with Crippen LogP contribution in [0.1, 0.15) is 41.4 Å². The van der Waals surface area contributed by atoms with Crippen LogP contribution in [0.5, 0.6) is 0 Å². The van der Waals surface area contributed by atoms with Crippen molar-refractivity contribution in [3.8, 4) is 11.3 Å². The molecule has 8 heteroatoms. The smallest absolute Gasteiger partial charge is 0.274 e. The highest BCUT2D eigenvalue weighted by molar-refractivity contribution is 6.03. The summed E-state index contributed by atoms with van der Waals surface area (Å²) in [6.07, 6.45) is 5.75. The van der Waals surface area contributed by atoms with Gasteiger partial charge >= 0.3 is 0 Å². The third kappa shape index (κ3) is 4.04. The zero-order valence-corrected chi connectivity index (χ0v) is 15.9. The van der Waals surface area contributed by atoms with Gasteiger partial charge in [-0.3, -0.25) is 9.78 Å². The maximum absolute atomic E-state index is 14.3. The molecule has 0 bridgehead atoms. The van der Waals surface area contributed by atoms with Crippen molar-refractivity contribution in [3.63, 3.8) is 0 Å². The molecule has 0 radical (unpaired) electrons. The zero-order chi connectivity index (χ0) is 21.1. The van der Waals surface area contributed by atoms with Crippen LogP contribution in [-0.2, 0) is 4.74 Å². The maximum Gasteiger partial charge on any atom is 0.274 e. The predicted molar refractivity (Wildman–Crippen MR) is 104 cm³/mol. The second-order valence-corrected chi connectivity index (χ2v) is 6.90. The SMILES string of the molecule is O=C(Nc1cnccc1[C@H]1CCCCO1)c1ccc(F)c(-c2c(F)cccc2F)n1. The quantitative estimate of drug-likeness (QED) is 0.650. The van der Waals surface area contributed by atoms with Crippen molar-refractivity contribution in [1.82, 2.24) is 9.97 Å². The lowest BCUT2D eigenvalue weighted by molar-refractivity contribution is 0.0153. The number of aromatic nitrogens is 2. The van der Waals surface area contributed by atoms with Crippen molar-refractivity contribution in [2.75, 3.05) is 11.9 Å². The fourth-order valence-corrected chi connectivity index (χ4v) is 3.43. The third-order valence-corrected chi connectivity index (χ3v) is 4.91. The first-order valence-corrected chi connectivity index (χ1v) is 9.52. The molecule has 2 aromatic heterocycles. The number of carbonyl (C=O) groups is 1. The number of rotatable bonds is 4. The number of nitrogens with one attached hydrogen (secondary N) is 1. The van der Waals surface area contributed by atoms with Crippen molar-refractivity contribution >= 4 is 11.6 Å². The van der Waals surface area contributed by atoms with E-state index in [0.29, 0.717) is 12.3 Å². The van der Waals surface area contributed by atoms with E-state index >= 15 is 0 Å². The number of hydrogen-bond donors (Lipinski definition) is 1. The van der Waals surface area contributed by atoms with Gasteiger partial charge in [0.05, 0.1) is 23.6 Å². The number of halogens is 3. The largest absolute Gasteiger partial charge is 0.373 e. The van der Waals surface area contributed by atoms with E-state index < -0.39 is 34.6 Å². The lowest BCUT2D eigenvalue weighted by Gasteiger charge is -2.24. The predicted octanol–water partition coefficient (Wildman–Crippen LogP) is 5.05. The number of amides is 1. The van der Waals surface area contributed by atoms with Gasteiger partial charge in [-0.15, -0.1) is 0 Å². The van der Waals surface area contributed by atoms with Gasteiger partial charge in [0.15, 0.2) is 0 Å². The first-order valence-electron chi connectivity index (χ1n) is 9.52. The minimum absolute atomic E-state index is 0.165. The standard InChI is InChI=1S/C22H18F3N3O2/c23-14-4-3-5-15(24)20(14)21-16(25)7-8-17(27-21)22(29)28-18-12-26-10-9-13(18)19-6-1-2-11-30-19/h3-5,7-10,12,19H,1-2,6,11H2,(H,28,29)/t19-/m1/s1. The Hall–Kier alpha value is -3.26. The minimum atomic E-state index is -0.969. The summed E-state index contributed by atoms with van der Waals surface area (Å²) >= 11 is 0. The summed E-state index contributed by atoms with van der Waals surface area (Å²) in [5, 5.41) is 2.70. The zero-order valence-electron chi connectivity index (χ0n) is 15.9. The highest BCUT2D eigenvalue weighted by Gasteiger charge is 2.22. The number of ether oxygens (including phenoxy) is 1. The Balaban J connectivity index is 1.64. The van der Waals surface area contributed by atoms with Gasteiger partial charge in [-0.2, -0.15) is 0 Å². The van der Waals surface area contributed by atoms with Crippen molar-refractivity contribution in [1.29, 1.82) is 0 Å². The molecule has 4 rings (SSSR count). The highest BCUT2D eigenvalue weighted by atomic mass is 19.1. The molecule has 1 aliphatic heterocycles. The molecule has 1 fully saturated rings. The summed E-state index contributed by atoms with van der Waals surface area (Å²) in [6, 6.07) is 7.04. The first kappa shape index (κ1) is 20.0. The molecule has 1 amide bonds. The van der Waals surface area contributed by atoms with Gasteiger partial charge in [0.1, 0.15) is 28.8 Å². The van der Waals surface area contributed by atoms with Crippen LogP contribution in [0.4, 0.5) is 18.9 Å². The lowest BCUT2D eigenvalue weighted by Crippen LogP contribution is -2.18. The van der Waals surface area contributed by atoms with Crippen LogP contribution in [0.15, 0.2) is 48.8 Å². The van der Waals surface area contributed by atoms with Crippen molar-refractivity contribution in [2.45, 2.75) is 25.4 Å². The van der Waals surface area contributed by atoms with Gasteiger partial charge in [-0.25, -0.2) is 18.2 Å². The van der Waals surface area contributed by atoms with Crippen LogP contribution in [0, 0.1) is 17.5 Å². The van der Waals surface area contributed by atoms with Gasteiger partial charge in [0, 0.05) is 18.4 Å². The monoisotopic (exact) mass is 413 g/mol. The Labute approximate surface area is 170 Å². The number of hydrogen-bond acceptors (Lipinski definition) is 4. The number of carbonyl (C=O) groups excluding carboxylic acids is 1. The maximum atomic E-state index is 14.3. The molecule has 1 saturated heterocycles. The summed E-state index contributed by atoms with van der Waals surface area (Å²) in [6.45, 7) is 0.636. The molecule has 1 N–H and O–H groups in total. The van der Waals surface area contributed by atoms with Gasteiger partial charge in [0.25, 0.3) is 5.91 Å². The fourth-order valence-electron chi connectivity index (χ4n) is 3.43. The molecule has 0 aliphatic carbocycles. The number of nitrogens with zero attached hydrogens (tertiary/aromatic N) is 2. The number of pyridine rings is 2. The van der Waals surface area contributed by atoms with E-state index in [9.17, 15) is 18.0 Å². The first-order chi connectivity index (χ1) is 14.5. The molecule has 1 aromatic carbocycles. The highest BCUT2D eigenvalue weighted by Crippen LogP contribution is 2.32. The molecule has 0 saturated carbocycles. The summed E-state index contributed by atoms with van der Waals surface area (Å²) in [7, 11) is 0. The van der Waals surface area contributed by atoms with Crippen LogP contribution in [0.25, 0.3) is 11.3 Å². The summed E-state index contributed by atoms with van der Waals surface area (Å²) < 4.78 is 48.2. The van der Waals surface area contributed by atoms with E-state index in [2.05, 4.69) is 15.3 Å². The average molecular weight is 413 g/mol. The van der Waals surface area contributed by atoms with Gasteiger partial charge in [0.2, 0.25) is 0 Å². The van der Waals surface area contributed by atoms with Crippen LogP contribution in [0.3, 0.4) is 0 Å². The Morgan fingerprint density at radius 1 is 1.03 bits per heavy atom.